The Morgan fingerprint density at radius 1 is 1.36 bits per heavy atom. The van der Waals surface area contributed by atoms with E-state index >= 15 is 0 Å². The fraction of sp³-hybridized carbons (Fsp3) is 0.857. The van der Waals surface area contributed by atoms with E-state index in [1.165, 1.54) is 0 Å². The number of rotatable bonds is 2. The van der Waals surface area contributed by atoms with Crippen LogP contribution in [0.3, 0.4) is 0 Å². The van der Waals surface area contributed by atoms with Crippen molar-refractivity contribution >= 4 is 6.29 Å². The van der Waals surface area contributed by atoms with E-state index in [4.69, 9.17) is 4.74 Å². The molecule has 0 unspecified atom stereocenters. The highest BCUT2D eigenvalue weighted by molar-refractivity contribution is 5.60. The van der Waals surface area contributed by atoms with Gasteiger partial charge in [-0.3, -0.25) is 4.79 Å². The van der Waals surface area contributed by atoms with Crippen molar-refractivity contribution in [3.05, 3.63) is 0 Å². The second-order valence-electron chi connectivity index (χ2n) is 2.68. The maximum atomic E-state index is 12.6. The minimum Gasteiger partial charge on any atom is -0.381 e. The van der Waals surface area contributed by atoms with Crippen LogP contribution in [0.1, 0.15) is 12.8 Å². The van der Waals surface area contributed by atoms with Gasteiger partial charge in [-0.25, -0.2) is 0 Å². The highest BCUT2D eigenvalue weighted by Crippen LogP contribution is 2.30. The lowest BCUT2D eigenvalue weighted by atomic mass is 9.94. The molecule has 1 rings (SSSR count). The molecular weight excluding hydrogens is 154 g/mol. The highest BCUT2D eigenvalue weighted by Gasteiger charge is 2.39. The zero-order valence-corrected chi connectivity index (χ0v) is 6.06. The van der Waals surface area contributed by atoms with Crippen molar-refractivity contribution in [3.63, 3.8) is 0 Å². The van der Waals surface area contributed by atoms with Crippen molar-refractivity contribution in [2.75, 3.05) is 13.2 Å². The van der Waals surface area contributed by atoms with Crippen LogP contribution in [0, 0.1) is 5.92 Å². The quantitative estimate of drug-likeness (QED) is 0.574. The summed E-state index contributed by atoms with van der Waals surface area (Å²) in [4.78, 5) is 9.94. The monoisotopic (exact) mass is 164 g/mol. The summed E-state index contributed by atoms with van der Waals surface area (Å²) in [5.41, 5.74) is 0. The van der Waals surface area contributed by atoms with Gasteiger partial charge in [-0.1, -0.05) is 0 Å². The van der Waals surface area contributed by atoms with Crippen molar-refractivity contribution in [3.8, 4) is 0 Å². The van der Waals surface area contributed by atoms with Gasteiger partial charge in [0.1, 0.15) is 0 Å². The number of aldehydes is 1. The molecule has 0 aromatic rings. The van der Waals surface area contributed by atoms with Crippen molar-refractivity contribution in [1.29, 1.82) is 0 Å². The molecule has 11 heavy (non-hydrogen) atoms. The lowest BCUT2D eigenvalue weighted by molar-refractivity contribution is -0.143. The summed E-state index contributed by atoms with van der Waals surface area (Å²) in [6.07, 6.45) is 0.306. The van der Waals surface area contributed by atoms with Crippen LogP contribution in [0.5, 0.6) is 0 Å². The standard InChI is InChI=1S/C7H10F2O2/c8-7(9,5-10)6-1-3-11-4-2-6/h5-6H,1-4H2. The molecule has 0 atom stereocenters. The third-order valence-corrected chi connectivity index (χ3v) is 1.92. The molecule has 0 spiro atoms. The number of carbonyl (C=O) groups excluding carboxylic acids is 1. The molecule has 0 amide bonds. The summed E-state index contributed by atoms with van der Waals surface area (Å²) >= 11 is 0. The lowest BCUT2D eigenvalue weighted by Crippen LogP contribution is -2.34. The fourth-order valence-electron chi connectivity index (χ4n) is 1.18. The topological polar surface area (TPSA) is 26.3 Å². The number of ether oxygens (including phenoxy) is 1. The second-order valence-corrected chi connectivity index (χ2v) is 2.68. The Morgan fingerprint density at radius 2 is 1.91 bits per heavy atom. The van der Waals surface area contributed by atoms with Gasteiger partial charge in [0.15, 0.2) is 6.29 Å². The number of alkyl halides is 2. The Bertz CT molecular complexity index is 141. The van der Waals surface area contributed by atoms with E-state index < -0.39 is 11.8 Å². The molecule has 1 fully saturated rings. The zero-order valence-electron chi connectivity index (χ0n) is 6.06. The van der Waals surface area contributed by atoms with Crippen molar-refractivity contribution in [2.24, 2.45) is 5.92 Å². The van der Waals surface area contributed by atoms with Crippen LogP contribution in [-0.2, 0) is 9.53 Å². The van der Waals surface area contributed by atoms with E-state index in [1.54, 1.807) is 0 Å². The Labute approximate surface area is 63.5 Å². The summed E-state index contributed by atoms with van der Waals surface area (Å²) < 4.78 is 30.1. The second kappa shape index (κ2) is 3.26. The van der Waals surface area contributed by atoms with E-state index in [2.05, 4.69) is 0 Å². The van der Waals surface area contributed by atoms with Crippen LogP contribution < -0.4 is 0 Å². The van der Waals surface area contributed by atoms with E-state index in [1.807, 2.05) is 0 Å². The highest BCUT2D eigenvalue weighted by atomic mass is 19.3. The molecule has 1 heterocycles. The SMILES string of the molecule is O=CC(F)(F)C1CCOCC1. The molecule has 4 heteroatoms. The fourth-order valence-corrected chi connectivity index (χ4v) is 1.18. The Kier molecular flexibility index (Phi) is 2.54. The lowest BCUT2D eigenvalue weighted by Gasteiger charge is -2.25. The third-order valence-electron chi connectivity index (χ3n) is 1.92. The maximum Gasteiger partial charge on any atom is 0.305 e. The first-order valence-electron chi connectivity index (χ1n) is 3.58. The summed E-state index contributed by atoms with van der Waals surface area (Å²) in [7, 11) is 0. The average Bonchev–Trinajstić information content (AvgIpc) is 2.06. The molecule has 0 aromatic heterocycles. The van der Waals surface area contributed by atoms with Crippen LogP contribution in [0.4, 0.5) is 8.78 Å². The molecule has 0 aromatic carbocycles. The van der Waals surface area contributed by atoms with Gasteiger partial charge in [0.05, 0.1) is 0 Å². The summed E-state index contributed by atoms with van der Waals surface area (Å²) in [6, 6.07) is 0. The third kappa shape index (κ3) is 1.96. The Hall–Kier alpha value is -0.510. The zero-order chi connectivity index (χ0) is 8.32. The summed E-state index contributed by atoms with van der Waals surface area (Å²) in [6.45, 7) is 0.683. The van der Waals surface area contributed by atoms with E-state index in [0.717, 1.165) is 0 Å². The van der Waals surface area contributed by atoms with Crippen molar-refractivity contribution < 1.29 is 18.3 Å². The molecule has 0 bridgehead atoms. The van der Waals surface area contributed by atoms with Gasteiger partial charge in [0.25, 0.3) is 0 Å². The van der Waals surface area contributed by atoms with Crippen LogP contribution in [0.15, 0.2) is 0 Å². The first-order valence-corrected chi connectivity index (χ1v) is 3.58. The van der Waals surface area contributed by atoms with Gasteiger partial charge in [-0.2, -0.15) is 8.78 Å². The van der Waals surface area contributed by atoms with Gasteiger partial charge in [-0.15, -0.1) is 0 Å². The van der Waals surface area contributed by atoms with Crippen LogP contribution in [0.2, 0.25) is 0 Å². The van der Waals surface area contributed by atoms with Crippen molar-refractivity contribution in [2.45, 2.75) is 18.8 Å². The van der Waals surface area contributed by atoms with E-state index in [9.17, 15) is 13.6 Å². The van der Waals surface area contributed by atoms with Gasteiger partial charge < -0.3 is 4.74 Å². The normalized spacial score (nSPS) is 21.6. The number of hydrogen-bond donors (Lipinski definition) is 0. The molecule has 1 aliphatic heterocycles. The van der Waals surface area contributed by atoms with E-state index in [-0.39, 0.29) is 19.1 Å². The molecule has 0 saturated carbocycles. The van der Waals surface area contributed by atoms with Gasteiger partial charge >= 0.3 is 5.92 Å². The van der Waals surface area contributed by atoms with Crippen LogP contribution in [-0.4, -0.2) is 25.4 Å². The van der Waals surface area contributed by atoms with Crippen molar-refractivity contribution in [1.82, 2.24) is 0 Å². The van der Waals surface area contributed by atoms with Crippen LogP contribution in [0.25, 0.3) is 0 Å². The smallest absolute Gasteiger partial charge is 0.305 e. The Morgan fingerprint density at radius 3 is 2.36 bits per heavy atom. The predicted octanol–water partition coefficient (Wildman–Crippen LogP) is 1.25. The van der Waals surface area contributed by atoms with Gasteiger partial charge in [0, 0.05) is 19.1 Å². The van der Waals surface area contributed by atoms with E-state index in [0.29, 0.717) is 13.2 Å². The molecule has 1 aliphatic rings. The number of hydrogen-bond acceptors (Lipinski definition) is 2. The maximum absolute atomic E-state index is 12.6. The first-order chi connectivity index (χ1) is 5.17. The minimum absolute atomic E-state index is 0.261. The minimum atomic E-state index is -3.15. The number of carbonyl (C=O) groups is 1. The molecule has 0 radical (unpaired) electrons. The first kappa shape index (κ1) is 8.59. The largest absolute Gasteiger partial charge is 0.381 e. The Balaban J connectivity index is 2.50. The van der Waals surface area contributed by atoms with Gasteiger partial charge in [0.2, 0.25) is 0 Å². The molecule has 0 N–H and O–H groups in total. The van der Waals surface area contributed by atoms with Gasteiger partial charge in [-0.05, 0) is 12.8 Å². The molecular formula is C7H10F2O2. The number of halogens is 2. The average molecular weight is 164 g/mol. The molecule has 1 saturated heterocycles. The van der Waals surface area contributed by atoms with Crippen LogP contribution >= 0.6 is 0 Å². The summed E-state index contributed by atoms with van der Waals surface area (Å²) in [5, 5.41) is 0. The summed E-state index contributed by atoms with van der Waals surface area (Å²) in [5.74, 6) is -3.96. The predicted molar refractivity (Wildman–Crippen MR) is 34.6 cm³/mol. The molecule has 0 aliphatic carbocycles. The molecule has 2 nitrogen and oxygen atoms in total. The molecule has 64 valence electrons.